The first-order chi connectivity index (χ1) is 9.47. The molecular formula is C14H11BrFNO3. The van der Waals surface area contributed by atoms with E-state index in [2.05, 4.69) is 15.9 Å². The zero-order valence-corrected chi connectivity index (χ0v) is 11.9. The van der Waals surface area contributed by atoms with E-state index >= 15 is 0 Å². The van der Waals surface area contributed by atoms with Crippen molar-refractivity contribution in [3.8, 4) is 5.75 Å². The number of benzene rings is 2. The van der Waals surface area contributed by atoms with E-state index in [0.29, 0.717) is 15.8 Å². The number of ether oxygens (including phenoxy) is 1. The van der Waals surface area contributed by atoms with Crippen molar-refractivity contribution < 1.29 is 19.0 Å². The first-order valence-corrected chi connectivity index (χ1v) is 6.46. The van der Waals surface area contributed by atoms with Gasteiger partial charge in [0.15, 0.2) is 0 Å². The van der Waals surface area contributed by atoms with Crippen LogP contribution in [0.5, 0.6) is 5.75 Å². The fraction of sp³-hybridized carbons (Fsp3) is 0.0714. The molecule has 0 aliphatic heterocycles. The molecule has 2 aromatic rings. The van der Waals surface area contributed by atoms with Crippen molar-refractivity contribution in [1.82, 2.24) is 0 Å². The molecule has 0 fully saturated rings. The average Bonchev–Trinajstić information content (AvgIpc) is 2.39. The van der Waals surface area contributed by atoms with Gasteiger partial charge in [0.25, 0.3) is 0 Å². The fourth-order valence-electron chi connectivity index (χ4n) is 1.61. The largest absolute Gasteiger partial charge is 0.489 e. The SMILES string of the molecule is Nc1ccc(OCc2ccc(Br)cc2F)cc1C(=O)O. The van der Waals surface area contributed by atoms with E-state index in [9.17, 15) is 9.18 Å². The number of hydrogen-bond donors (Lipinski definition) is 2. The molecule has 0 saturated carbocycles. The van der Waals surface area contributed by atoms with Crippen LogP contribution in [0.4, 0.5) is 10.1 Å². The molecule has 104 valence electrons. The summed E-state index contributed by atoms with van der Waals surface area (Å²) in [7, 11) is 0. The van der Waals surface area contributed by atoms with Gasteiger partial charge in [0, 0.05) is 15.7 Å². The second-order valence-corrected chi connectivity index (χ2v) is 4.99. The smallest absolute Gasteiger partial charge is 0.337 e. The van der Waals surface area contributed by atoms with Gasteiger partial charge in [-0.3, -0.25) is 0 Å². The van der Waals surface area contributed by atoms with Crippen molar-refractivity contribution in [3.63, 3.8) is 0 Å². The lowest BCUT2D eigenvalue weighted by atomic mass is 10.1. The molecule has 0 unspecified atom stereocenters. The van der Waals surface area contributed by atoms with Gasteiger partial charge in [0.1, 0.15) is 18.2 Å². The Morgan fingerprint density at radius 3 is 2.70 bits per heavy atom. The average molecular weight is 340 g/mol. The minimum Gasteiger partial charge on any atom is -0.489 e. The number of hydrogen-bond acceptors (Lipinski definition) is 3. The van der Waals surface area contributed by atoms with Crippen molar-refractivity contribution in [3.05, 3.63) is 57.8 Å². The van der Waals surface area contributed by atoms with Crippen LogP contribution in [0.1, 0.15) is 15.9 Å². The predicted molar refractivity (Wildman–Crippen MR) is 76.2 cm³/mol. The molecule has 0 saturated heterocycles. The molecule has 0 aliphatic rings. The van der Waals surface area contributed by atoms with Crippen molar-refractivity contribution >= 4 is 27.6 Å². The van der Waals surface area contributed by atoms with Gasteiger partial charge in [0.05, 0.1) is 5.56 Å². The highest BCUT2D eigenvalue weighted by Crippen LogP contribution is 2.22. The van der Waals surface area contributed by atoms with E-state index in [1.807, 2.05) is 0 Å². The fourth-order valence-corrected chi connectivity index (χ4v) is 1.94. The Kier molecular flexibility index (Phi) is 4.24. The van der Waals surface area contributed by atoms with Crippen LogP contribution in [0.3, 0.4) is 0 Å². The second-order valence-electron chi connectivity index (χ2n) is 4.08. The minimum absolute atomic E-state index is 0.00207. The van der Waals surface area contributed by atoms with Gasteiger partial charge in [-0.15, -0.1) is 0 Å². The summed E-state index contributed by atoms with van der Waals surface area (Å²) < 4.78 is 19.6. The molecule has 6 heteroatoms. The molecule has 0 aromatic heterocycles. The normalized spacial score (nSPS) is 10.3. The maximum atomic E-state index is 13.6. The van der Waals surface area contributed by atoms with Crippen LogP contribution >= 0.6 is 15.9 Å². The lowest BCUT2D eigenvalue weighted by Crippen LogP contribution is -2.04. The monoisotopic (exact) mass is 339 g/mol. The Balaban J connectivity index is 2.15. The summed E-state index contributed by atoms with van der Waals surface area (Å²) in [6.45, 7) is 0.00207. The standard InChI is InChI=1S/C14H11BrFNO3/c15-9-2-1-8(12(16)5-9)7-20-10-3-4-13(17)11(6-10)14(18)19/h1-6H,7,17H2,(H,18,19). The number of nitrogens with two attached hydrogens (primary N) is 1. The summed E-state index contributed by atoms with van der Waals surface area (Å²) in [5.74, 6) is -1.21. The van der Waals surface area contributed by atoms with Gasteiger partial charge in [-0.25, -0.2) is 9.18 Å². The summed E-state index contributed by atoms with van der Waals surface area (Å²) >= 11 is 3.17. The molecule has 20 heavy (non-hydrogen) atoms. The zero-order valence-electron chi connectivity index (χ0n) is 10.3. The molecule has 4 nitrogen and oxygen atoms in total. The molecular weight excluding hydrogens is 329 g/mol. The molecule has 2 rings (SSSR count). The molecule has 0 bridgehead atoms. The van der Waals surface area contributed by atoms with Crippen LogP contribution < -0.4 is 10.5 Å². The summed E-state index contributed by atoms with van der Waals surface area (Å²) in [6, 6.07) is 8.93. The van der Waals surface area contributed by atoms with Gasteiger partial charge in [-0.1, -0.05) is 22.0 Å². The van der Waals surface area contributed by atoms with E-state index in [-0.39, 0.29) is 17.9 Å². The maximum Gasteiger partial charge on any atom is 0.337 e. The predicted octanol–water partition coefficient (Wildman–Crippen LogP) is 3.45. The van der Waals surface area contributed by atoms with Crippen molar-refractivity contribution in [2.75, 3.05) is 5.73 Å². The Hall–Kier alpha value is -2.08. The number of rotatable bonds is 4. The molecule has 0 heterocycles. The van der Waals surface area contributed by atoms with Crippen LogP contribution in [-0.2, 0) is 6.61 Å². The Morgan fingerprint density at radius 2 is 2.05 bits per heavy atom. The minimum atomic E-state index is -1.14. The molecule has 0 spiro atoms. The van der Waals surface area contributed by atoms with E-state index in [1.54, 1.807) is 18.2 Å². The van der Waals surface area contributed by atoms with Crippen LogP contribution in [-0.4, -0.2) is 11.1 Å². The third-order valence-corrected chi connectivity index (χ3v) is 3.16. The van der Waals surface area contributed by atoms with Gasteiger partial charge in [-0.2, -0.15) is 0 Å². The lowest BCUT2D eigenvalue weighted by Gasteiger charge is -2.09. The van der Waals surface area contributed by atoms with Gasteiger partial charge >= 0.3 is 5.97 Å². The maximum absolute atomic E-state index is 13.6. The number of carboxylic acid groups (broad SMARTS) is 1. The topological polar surface area (TPSA) is 72.5 Å². The first kappa shape index (κ1) is 14.3. The van der Waals surface area contributed by atoms with Crippen molar-refractivity contribution in [2.45, 2.75) is 6.61 Å². The Bertz CT molecular complexity index is 661. The number of carboxylic acids is 1. The zero-order chi connectivity index (χ0) is 14.7. The summed E-state index contributed by atoms with van der Waals surface area (Å²) in [5, 5.41) is 8.95. The highest BCUT2D eigenvalue weighted by molar-refractivity contribution is 9.10. The second kappa shape index (κ2) is 5.92. The Morgan fingerprint density at radius 1 is 1.30 bits per heavy atom. The number of halogens is 2. The molecule has 2 aromatic carbocycles. The number of aromatic carboxylic acids is 1. The van der Waals surface area contributed by atoms with Gasteiger partial charge in [-0.05, 0) is 30.3 Å². The van der Waals surface area contributed by atoms with Crippen molar-refractivity contribution in [1.29, 1.82) is 0 Å². The third-order valence-electron chi connectivity index (χ3n) is 2.66. The molecule has 3 N–H and O–H groups in total. The quantitative estimate of drug-likeness (QED) is 0.837. The Labute approximate surface area is 123 Å². The van der Waals surface area contributed by atoms with Crippen LogP contribution in [0.15, 0.2) is 40.9 Å². The molecule has 0 aliphatic carbocycles. The van der Waals surface area contributed by atoms with E-state index in [4.69, 9.17) is 15.6 Å². The van der Waals surface area contributed by atoms with Crippen LogP contribution in [0.25, 0.3) is 0 Å². The number of carbonyl (C=O) groups is 1. The van der Waals surface area contributed by atoms with E-state index in [0.717, 1.165) is 0 Å². The van der Waals surface area contributed by atoms with Crippen LogP contribution in [0.2, 0.25) is 0 Å². The lowest BCUT2D eigenvalue weighted by molar-refractivity contribution is 0.0697. The summed E-state index contributed by atoms with van der Waals surface area (Å²) in [6.07, 6.45) is 0. The van der Waals surface area contributed by atoms with E-state index < -0.39 is 11.8 Å². The van der Waals surface area contributed by atoms with E-state index in [1.165, 1.54) is 18.2 Å². The van der Waals surface area contributed by atoms with Crippen molar-refractivity contribution in [2.24, 2.45) is 0 Å². The molecule has 0 amide bonds. The molecule has 0 atom stereocenters. The van der Waals surface area contributed by atoms with Gasteiger partial charge < -0.3 is 15.6 Å². The third kappa shape index (κ3) is 3.27. The highest BCUT2D eigenvalue weighted by atomic mass is 79.9. The van der Waals surface area contributed by atoms with Crippen LogP contribution in [0, 0.1) is 5.82 Å². The summed E-state index contributed by atoms with van der Waals surface area (Å²) in [5.41, 5.74) is 6.02. The number of anilines is 1. The molecule has 0 radical (unpaired) electrons. The highest BCUT2D eigenvalue weighted by Gasteiger charge is 2.10. The summed E-state index contributed by atoms with van der Waals surface area (Å²) in [4.78, 5) is 10.9. The number of nitrogen functional groups attached to an aromatic ring is 1. The van der Waals surface area contributed by atoms with Gasteiger partial charge in [0.2, 0.25) is 0 Å². The first-order valence-electron chi connectivity index (χ1n) is 5.67.